The summed E-state index contributed by atoms with van der Waals surface area (Å²) in [7, 11) is 0. The van der Waals surface area contributed by atoms with Gasteiger partial charge in [-0.1, -0.05) is 53.4 Å². The molecule has 22 heavy (non-hydrogen) atoms. The van der Waals surface area contributed by atoms with E-state index in [9.17, 15) is 0 Å². The Morgan fingerprint density at radius 3 is 2.82 bits per heavy atom. The zero-order chi connectivity index (χ0) is 15.0. The van der Waals surface area contributed by atoms with Crippen molar-refractivity contribution in [3.05, 3.63) is 60.1 Å². The van der Waals surface area contributed by atoms with Crippen molar-refractivity contribution in [1.82, 2.24) is 10.2 Å². The molecule has 3 rings (SSSR count). The third-order valence-electron chi connectivity index (χ3n) is 3.08. The lowest BCUT2D eigenvalue weighted by molar-refractivity contribution is 0.518. The van der Waals surface area contributed by atoms with Crippen LogP contribution in [0.4, 0.5) is 5.13 Å². The number of anilines is 1. The molecule has 0 aliphatic rings. The number of furan rings is 1. The molecule has 0 aliphatic heterocycles. The number of nitrogens with zero attached hydrogens (tertiary/aromatic N) is 2. The third-order valence-corrected chi connectivity index (χ3v) is 5.18. The van der Waals surface area contributed by atoms with Crippen LogP contribution < -0.4 is 5.32 Å². The number of aromatic nitrogens is 2. The van der Waals surface area contributed by atoms with Crippen LogP contribution in [0.1, 0.15) is 17.7 Å². The first-order valence-electron chi connectivity index (χ1n) is 7.16. The number of aryl methyl sites for hydroxylation is 1. The highest BCUT2D eigenvalue weighted by atomic mass is 32.2. The number of hydrogen-bond acceptors (Lipinski definition) is 6. The quantitative estimate of drug-likeness (QED) is 0.487. The molecule has 2 heterocycles. The molecule has 0 atom stereocenters. The van der Waals surface area contributed by atoms with Gasteiger partial charge >= 0.3 is 0 Å². The summed E-state index contributed by atoms with van der Waals surface area (Å²) in [6.45, 7) is 0.639. The van der Waals surface area contributed by atoms with Crippen molar-refractivity contribution < 1.29 is 4.42 Å². The molecule has 4 nitrogen and oxygen atoms in total. The second-order valence-corrected chi connectivity index (χ2v) is 7.06. The van der Waals surface area contributed by atoms with E-state index in [2.05, 4.69) is 45.8 Å². The highest BCUT2D eigenvalue weighted by molar-refractivity contribution is 8.01. The topological polar surface area (TPSA) is 51.0 Å². The first-order valence-corrected chi connectivity index (χ1v) is 8.97. The maximum absolute atomic E-state index is 5.27. The minimum absolute atomic E-state index is 0.639. The smallest absolute Gasteiger partial charge is 0.206 e. The normalized spacial score (nSPS) is 10.7. The molecule has 0 amide bonds. The van der Waals surface area contributed by atoms with Gasteiger partial charge in [0.2, 0.25) is 5.13 Å². The standard InChI is InChI=1S/C16H17N3OS2/c1-2-6-13(7-3-1)8-5-11-21-16-19-18-15(22-16)17-12-14-9-4-10-20-14/h1-4,6-7,9-10H,5,8,11-12H2,(H,17,18). The maximum atomic E-state index is 5.27. The van der Waals surface area contributed by atoms with E-state index in [-0.39, 0.29) is 0 Å². The predicted octanol–water partition coefficient (Wildman–Crippen LogP) is 4.47. The molecule has 1 aromatic carbocycles. The molecule has 0 bridgehead atoms. The Hall–Kier alpha value is -1.79. The second-order valence-electron chi connectivity index (χ2n) is 4.74. The van der Waals surface area contributed by atoms with Crippen molar-refractivity contribution in [2.75, 3.05) is 11.1 Å². The van der Waals surface area contributed by atoms with Crippen molar-refractivity contribution in [2.24, 2.45) is 0 Å². The highest BCUT2D eigenvalue weighted by Crippen LogP contribution is 2.26. The number of benzene rings is 1. The van der Waals surface area contributed by atoms with Gasteiger partial charge in [0.1, 0.15) is 5.76 Å². The molecule has 0 radical (unpaired) electrons. The number of hydrogen-bond donors (Lipinski definition) is 1. The SMILES string of the molecule is c1ccc(CCCSc2nnc(NCc3ccco3)s2)cc1. The molecule has 0 saturated heterocycles. The summed E-state index contributed by atoms with van der Waals surface area (Å²) in [6.07, 6.45) is 3.92. The third kappa shape index (κ3) is 4.61. The van der Waals surface area contributed by atoms with Gasteiger partial charge in [0.05, 0.1) is 12.8 Å². The Bertz CT molecular complexity index is 668. The molecule has 0 saturated carbocycles. The first-order chi connectivity index (χ1) is 10.9. The number of nitrogens with one attached hydrogen (secondary N) is 1. The molecule has 3 aromatic rings. The van der Waals surface area contributed by atoms with Crippen LogP contribution in [0.3, 0.4) is 0 Å². The Kier molecular flexibility index (Phi) is 5.50. The number of thioether (sulfide) groups is 1. The molecule has 114 valence electrons. The summed E-state index contributed by atoms with van der Waals surface area (Å²) in [4.78, 5) is 0. The molecule has 2 aromatic heterocycles. The Morgan fingerprint density at radius 1 is 1.09 bits per heavy atom. The zero-order valence-electron chi connectivity index (χ0n) is 12.1. The van der Waals surface area contributed by atoms with Crippen LogP contribution in [0.2, 0.25) is 0 Å². The average molecular weight is 331 g/mol. The van der Waals surface area contributed by atoms with Crippen LogP contribution in [-0.4, -0.2) is 16.0 Å². The van der Waals surface area contributed by atoms with Gasteiger partial charge in [-0.3, -0.25) is 0 Å². The maximum Gasteiger partial charge on any atom is 0.206 e. The van der Waals surface area contributed by atoms with E-state index >= 15 is 0 Å². The lowest BCUT2D eigenvalue weighted by Gasteiger charge is -1.99. The van der Waals surface area contributed by atoms with Crippen LogP contribution in [0.25, 0.3) is 0 Å². The lowest BCUT2D eigenvalue weighted by Crippen LogP contribution is -1.96. The molecule has 0 unspecified atom stereocenters. The molecule has 0 spiro atoms. The van der Waals surface area contributed by atoms with E-state index in [1.165, 1.54) is 5.56 Å². The molecule has 6 heteroatoms. The van der Waals surface area contributed by atoms with Crippen molar-refractivity contribution in [2.45, 2.75) is 23.7 Å². The van der Waals surface area contributed by atoms with Gasteiger partial charge in [-0.2, -0.15) is 0 Å². The molecule has 0 fully saturated rings. The fourth-order valence-electron chi connectivity index (χ4n) is 2.00. The van der Waals surface area contributed by atoms with Crippen molar-refractivity contribution in [3.8, 4) is 0 Å². The van der Waals surface area contributed by atoms with Crippen LogP contribution in [0.5, 0.6) is 0 Å². The van der Waals surface area contributed by atoms with Crippen LogP contribution in [-0.2, 0) is 13.0 Å². The molecule has 1 N–H and O–H groups in total. The van der Waals surface area contributed by atoms with Gasteiger partial charge in [-0.05, 0) is 30.5 Å². The first kappa shape index (κ1) is 15.1. The van der Waals surface area contributed by atoms with E-state index in [0.29, 0.717) is 6.54 Å². The summed E-state index contributed by atoms with van der Waals surface area (Å²) in [6, 6.07) is 14.4. The van der Waals surface area contributed by atoms with Gasteiger partial charge in [-0.25, -0.2) is 0 Å². The zero-order valence-corrected chi connectivity index (χ0v) is 13.7. The summed E-state index contributed by atoms with van der Waals surface area (Å²) in [5, 5.41) is 12.4. The predicted molar refractivity (Wildman–Crippen MR) is 91.4 cm³/mol. The van der Waals surface area contributed by atoms with E-state index in [1.54, 1.807) is 29.4 Å². The van der Waals surface area contributed by atoms with Crippen molar-refractivity contribution in [1.29, 1.82) is 0 Å². The minimum atomic E-state index is 0.639. The van der Waals surface area contributed by atoms with Gasteiger partial charge in [0.25, 0.3) is 0 Å². The summed E-state index contributed by atoms with van der Waals surface area (Å²) in [5.74, 6) is 1.95. The average Bonchev–Trinajstić information content (AvgIpc) is 3.22. The van der Waals surface area contributed by atoms with Gasteiger partial charge in [-0.15, -0.1) is 10.2 Å². The molecular weight excluding hydrogens is 314 g/mol. The lowest BCUT2D eigenvalue weighted by atomic mass is 10.1. The monoisotopic (exact) mass is 331 g/mol. The molecular formula is C16H17N3OS2. The highest BCUT2D eigenvalue weighted by Gasteiger charge is 2.05. The van der Waals surface area contributed by atoms with E-state index in [0.717, 1.165) is 33.8 Å². The fourth-order valence-corrected chi connectivity index (χ4v) is 3.75. The van der Waals surface area contributed by atoms with E-state index < -0.39 is 0 Å². The fraction of sp³-hybridized carbons (Fsp3) is 0.250. The molecule has 0 aliphatic carbocycles. The largest absolute Gasteiger partial charge is 0.467 e. The second kappa shape index (κ2) is 8.00. The summed E-state index contributed by atoms with van der Waals surface area (Å²) < 4.78 is 6.28. The Labute approximate surface area is 138 Å². The van der Waals surface area contributed by atoms with Crippen LogP contribution in [0, 0.1) is 0 Å². The number of rotatable bonds is 8. The van der Waals surface area contributed by atoms with Gasteiger partial charge in [0, 0.05) is 5.75 Å². The van der Waals surface area contributed by atoms with Crippen molar-refractivity contribution in [3.63, 3.8) is 0 Å². The Morgan fingerprint density at radius 2 is 2.00 bits per heavy atom. The Balaban J connectivity index is 1.38. The van der Waals surface area contributed by atoms with Gasteiger partial charge < -0.3 is 9.73 Å². The van der Waals surface area contributed by atoms with E-state index in [1.807, 2.05) is 12.1 Å². The van der Waals surface area contributed by atoms with Gasteiger partial charge in [0.15, 0.2) is 4.34 Å². The summed E-state index contributed by atoms with van der Waals surface area (Å²) in [5.41, 5.74) is 1.39. The van der Waals surface area contributed by atoms with Crippen molar-refractivity contribution >= 4 is 28.2 Å². The van der Waals surface area contributed by atoms with Crippen LogP contribution in [0.15, 0.2) is 57.5 Å². The van der Waals surface area contributed by atoms with Crippen LogP contribution >= 0.6 is 23.1 Å². The van der Waals surface area contributed by atoms with E-state index in [4.69, 9.17) is 4.42 Å². The summed E-state index contributed by atoms with van der Waals surface area (Å²) >= 11 is 3.35. The minimum Gasteiger partial charge on any atom is -0.467 e.